The molecule has 0 unspecified atom stereocenters. The van der Waals surface area contributed by atoms with E-state index in [9.17, 15) is 22.8 Å². The molecule has 0 atom stereocenters. The third-order valence-electron chi connectivity index (χ3n) is 1.10. The molecule has 0 aromatic heterocycles. The van der Waals surface area contributed by atoms with Crippen LogP contribution in [0.25, 0.3) is 0 Å². The maximum absolute atomic E-state index is 11.8. The van der Waals surface area contributed by atoms with Crippen LogP contribution in [0.4, 0.5) is 13.2 Å². The van der Waals surface area contributed by atoms with Gasteiger partial charge in [-0.05, 0) is 0 Å². The van der Waals surface area contributed by atoms with Gasteiger partial charge in [0.1, 0.15) is 11.5 Å². The number of esters is 1. The zero-order chi connectivity index (χ0) is 11.4. The molecule has 0 rings (SSSR count). The van der Waals surface area contributed by atoms with Gasteiger partial charge in [-0.15, -0.1) is 0 Å². The van der Waals surface area contributed by atoms with E-state index in [1.54, 1.807) is 0 Å². The second-order valence-electron chi connectivity index (χ2n) is 2.21. The molecular weight excluding hydrogens is 225 g/mol. The Hall–Kier alpha value is -1.04. The van der Waals surface area contributed by atoms with Gasteiger partial charge in [0.05, 0.1) is 7.11 Å². The summed E-state index contributed by atoms with van der Waals surface area (Å²) in [5.74, 6) is -1.97. The number of hydrogen-bond acceptors (Lipinski definition) is 3. The van der Waals surface area contributed by atoms with Gasteiger partial charge >= 0.3 is 12.1 Å². The molecule has 0 aliphatic carbocycles. The lowest BCUT2D eigenvalue weighted by Crippen LogP contribution is -2.12. The van der Waals surface area contributed by atoms with Gasteiger partial charge < -0.3 is 4.74 Å². The van der Waals surface area contributed by atoms with E-state index in [0.29, 0.717) is 0 Å². The Bertz CT molecular complexity index is 270. The number of alkyl halides is 3. The highest BCUT2D eigenvalue weighted by atomic mass is 35.5. The smallest absolute Gasteiger partial charge is 0.427 e. The third-order valence-corrected chi connectivity index (χ3v) is 1.43. The lowest BCUT2D eigenvalue weighted by atomic mass is 10.2. The Balaban J connectivity index is 4.38. The molecule has 0 radical (unpaired) electrons. The highest BCUT2D eigenvalue weighted by molar-refractivity contribution is 6.32. The Morgan fingerprint density at radius 3 is 2.29 bits per heavy atom. The molecule has 0 saturated carbocycles. The summed E-state index contributed by atoms with van der Waals surface area (Å²) >= 11 is 4.74. The van der Waals surface area contributed by atoms with E-state index < -0.39 is 29.4 Å². The standard InChI is InChI=1S/C7H6ClF3O3/c1-14-6(13)3-4(12)2-5(8)7(9,10)11/h2H,3H2,1H3/b5-2-. The van der Waals surface area contributed by atoms with Crippen molar-refractivity contribution >= 4 is 23.4 Å². The van der Waals surface area contributed by atoms with Crippen LogP contribution < -0.4 is 0 Å². The Labute approximate surface area is 82.5 Å². The van der Waals surface area contributed by atoms with Crippen LogP contribution in [-0.2, 0) is 14.3 Å². The third kappa shape index (κ3) is 4.86. The minimum atomic E-state index is -4.77. The predicted molar refractivity (Wildman–Crippen MR) is 41.6 cm³/mol. The SMILES string of the molecule is COC(=O)CC(=O)/C=C(\Cl)C(F)(F)F. The minimum absolute atomic E-state index is 0.151. The van der Waals surface area contributed by atoms with Crippen molar-refractivity contribution in [3.05, 3.63) is 11.1 Å². The molecule has 7 heteroatoms. The van der Waals surface area contributed by atoms with E-state index in [1.165, 1.54) is 0 Å². The highest BCUT2D eigenvalue weighted by Crippen LogP contribution is 2.28. The average Bonchev–Trinajstić information content (AvgIpc) is 2.02. The number of ether oxygens (including phenoxy) is 1. The van der Waals surface area contributed by atoms with Crippen molar-refractivity contribution in [1.29, 1.82) is 0 Å². The normalized spacial score (nSPS) is 12.5. The van der Waals surface area contributed by atoms with Crippen molar-refractivity contribution in [2.45, 2.75) is 12.6 Å². The number of allylic oxidation sites excluding steroid dienone is 2. The van der Waals surface area contributed by atoms with Crippen LogP contribution in [0.15, 0.2) is 11.1 Å². The van der Waals surface area contributed by atoms with Gasteiger partial charge in [-0.25, -0.2) is 0 Å². The molecule has 14 heavy (non-hydrogen) atoms. The van der Waals surface area contributed by atoms with Crippen LogP contribution >= 0.6 is 11.6 Å². The summed E-state index contributed by atoms with van der Waals surface area (Å²) in [4.78, 5) is 21.2. The molecule has 0 heterocycles. The summed E-state index contributed by atoms with van der Waals surface area (Å²) in [6.45, 7) is 0. The average molecular weight is 231 g/mol. The summed E-state index contributed by atoms with van der Waals surface area (Å²) < 4.78 is 39.4. The molecule has 0 aromatic rings. The van der Waals surface area contributed by atoms with Crippen LogP contribution in [-0.4, -0.2) is 25.0 Å². The van der Waals surface area contributed by atoms with E-state index in [1.807, 2.05) is 0 Å². The zero-order valence-corrected chi connectivity index (χ0v) is 7.78. The second kappa shape index (κ2) is 4.99. The topological polar surface area (TPSA) is 43.4 Å². The van der Waals surface area contributed by atoms with Crippen molar-refractivity contribution in [2.24, 2.45) is 0 Å². The van der Waals surface area contributed by atoms with Crippen molar-refractivity contribution in [2.75, 3.05) is 7.11 Å². The molecular formula is C7H6ClF3O3. The Kier molecular flexibility index (Phi) is 4.62. The number of carbonyl (C=O) groups excluding carboxylic acids is 2. The van der Waals surface area contributed by atoms with Crippen molar-refractivity contribution in [1.82, 2.24) is 0 Å². The number of hydrogen-bond donors (Lipinski definition) is 0. The quantitative estimate of drug-likeness (QED) is 0.422. The summed E-state index contributed by atoms with van der Waals surface area (Å²) in [6, 6.07) is 0. The largest absolute Gasteiger partial charge is 0.469 e. The Morgan fingerprint density at radius 1 is 1.43 bits per heavy atom. The molecule has 0 N–H and O–H groups in total. The van der Waals surface area contributed by atoms with Crippen LogP contribution in [0.1, 0.15) is 6.42 Å². The zero-order valence-electron chi connectivity index (χ0n) is 7.02. The van der Waals surface area contributed by atoms with Crippen molar-refractivity contribution in [3.8, 4) is 0 Å². The van der Waals surface area contributed by atoms with Gasteiger partial charge in [0, 0.05) is 6.08 Å². The number of rotatable bonds is 3. The fourth-order valence-corrected chi connectivity index (χ4v) is 0.610. The van der Waals surface area contributed by atoms with Crippen molar-refractivity contribution in [3.63, 3.8) is 0 Å². The molecule has 0 aromatic carbocycles. The first-order valence-electron chi connectivity index (χ1n) is 3.31. The maximum Gasteiger partial charge on any atom is 0.427 e. The summed E-state index contributed by atoms with van der Waals surface area (Å²) in [5, 5.41) is -1.56. The summed E-state index contributed by atoms with van der Waals surface area (Å²) in [6.07, 6.45) is -5.38. The molecule has 0 aliphatic rings. The van der Waals surface area contributed by atoms with Crippen LogP contribution in [0.3, 0.4) is 0 Å². The van der Waals surface area contributed by atoms with Gasteiger partial charge in [-0.1, -0.05) is 11.6 Å². The molecule has 0 amide bonds. The van der Waals surface area contributed by atoms with E-state index in [4.69, 9.17) is 11.6 Å². The molecule has 0 fully saturated rings. The van der Waals surface area contributed by atoms with Gasteiger partial charge in [-0.2, -0.15) is 13.2 Å². The van der Waals surface area contributed by atoms with Gasteiger partial charge in [0.25, 0.3) is 0 Å². The van der Waals surface area contributed by atoms with Crippen LogP contribution in [0, 0.1) is 0 Å². The molecule has 0 bridgehead atoms. The fraction of sp³-hybridized carbons (Fsp3) is 0.429. The van der Waals surface area contributed by atoms with Crippen LogP contribution in [0.2, 0.25) is 0 Å². The van der Waals surface area contributed by atoms with E-state index in [0.717, 1.165) is 7.11 Å². The fourth-order valence-electron chi connectivity index (χ4n) is 0.489. The predicted octanol–water partition coefficient (Wildman–Crippen LogP) is 1.80. The first kappa shape index (κ1) is 13.0. The number of carbonyl (C=O) groups is 2. The number of methoxy groups -OCH3 is 1. The first-order chi connectivity index (χ1) is 6.27. The summed E-state index contributed by atoms with van der Waals surface area (Å²) in [5.41, 5.74) is 0. The number of ketones is 1. The van der Waals surface area contributed by atoms with E-state index >= 15 is 0 Å². The molecule has 0 aliphatic heterocycles. The van der Waals surface area contributed by atoms with Gasteiger partial charge in [0.2, 0.25) is 0 Å². The lowest BCUT2D eigenvalue weighted by Gasteiger charge is -2.02. The lowest BCUT2D eigenvalue weighted by molar-refractivity contribution is -0.142. The maximum atomic E-state index is 11.8. The number of halogens is 4. The van der Waals surface area contributed by atoms with Crippen LogP contribution in [0.5, 0.6) is 0 Å². The molecule has 3 nitrogen and oxygen atoms in total. The van der Waals surface area contributed by atoms with Gasteiger partial charge in [0.15, 0.2) is 5.78 Å². The first-order valence-corrected chi connectivity index (χ1v) is 3.69. The monoisotopic (exact) mass is 230 g/mol. The van der Waals surface area contributed by atoms with E-state index in [-0.39, 0.29) is 6.08 Å². The van der Waals surface area contributed by atoms with Gasteiger partial charge in [-0.3, -0.25) is 9.59 Å². The minimum Gasteiger partial charge on any atom is -0.469 e. The molecule has 0 saturated heterocycles. The molecule has 80 valence electrons. The Morgan fingerprint density at radius 2 is 1.93 bits per heavy atom. The van der Waals surface area contributed by atoms with E-state index in [2.05, 4.69) is 4.74 Å². The highest BCUT2D eigenvalue weighted by Gasteiger charge is 2.33. The second-order valence-corrected chi connectivity index (χ2v) is 2.62. The summed E-state index contributed by atoms with van der Waals surface area (Å²) in [7, 11) is 1.02. The van der Waals surface area contributed by atoms with Crippen molar-refractivity contribution < 1.29 is 27.5 Å². The molecule has 0 spiro atoms.